The third-order valence-electron chi connectivity index (χ3n) is 5.06. The van der Waals surface area contributed by atoms with Crippen LogP contribution >= 0.6 is 0 Å². The highest BCUT2D eigenvalue weighted by molar-refractivity contribution is 6.33. The Hall–Kier alpha value is -3.09. The third-order valence-corrected chi connectivity index (χ3v) is 5.06. The van der Waals surface area contributed by atoms with Crippen LogP contribution in [-0.4, -0.2) is 40.5 Å². The molecule has 0 amide bonds. The summed E-state index contributed by atoms with van der Waals surface area (Å²) in [5, 5.41) is 0.847. The highest BCUT2D eigenvalue weighted by atomic mass is 16.1. The molecule has 0 aliphatic carbocycles. The summed E-state index contributed by atoms with van der Waals surface area (Å²) in [5.74, 6) is 0.878. The van der Waals surface area contributed by atoms with Gasteiger partial charge in [0.2, 0.25) is 0 Å². The van der Waals surface area contributed by atoms with Gasteiger partial charge in [-0.05, 0) is 32.0 Å². The van der Waals surface area contributed by atoms with E-state index < -0.39 is 0 Å². The molecule has 134 valence electrons. The van der Waals surface area contributed by atoms with E-state index in [1.54, 1.807) is 22.4 Å². The molecule has 0 spiro atoms. The lowest BCUT2D eigenvalue weighted by Crippen LogP contribution is -2.22. The monoisotopic (exact) mass is 357 g/mol. The van der Waals surface area contributed by atoms with E-state index in [9.17, 15) is 4.79 Å². The number of rotatable bonds is 3. The van der Waals surface area contributed by atoms with E-state index in [4.69, 9.17) is 12.8 Å². The van der Waals surface area contributed by atoms with Crippen LogP contribution in [0.2, 0.25) is 0 Å². The average Bonchev–Trinajstić information content (AvgIpc) is 2.92. The summed E-state index contributed by atoms with van der Waals surface area (Å²) in [5.41, 5.74) is 4.39. The van der Waals surface area contributed by atoms with E-state index in [0.717, 1.165) is 45.7 Å². The number of aromatic nitrogens is 4. The van der Waals surface area contributed by atoms with Gasteiger partial charge in [0.05, 0.1) is 34.1 Å². The molecule has 0 fully saturated rings. The molecule has 4 rings (SSSR count). The summed E-state index contributed by atoms with van der Waals surface area (Å²) in [6, 6.07) is 9.44. The summed E-state index contributed by atoms with van der Waals surface area (Å²) in [4.78, 5) is 24.3. The maximum Gasteiger partial charge on any atom is 0.333 e. The zero-order valence-electron chi connectivity index (χ0n) is 15.9. The molecule has 0 unspecified atom stereocenters. The Kier molecular flexibility index (Phi) is 4.02. The number of pyridine rings is 2. The molecule has 4 aromatic rings. The van der Waals surface area contributed by atoms with Gasteiger partial charge in [0.25, 0.3) is 0 Å². The van der Waals surface area contributed by atoms with Crippen molar-refractivity contribution in [3.63, 3.8) is 0 Å². The quantitative estimate of drug-likeness (QED) is 0.525. The highest BCUT2D eigenvalue weighted by Gasteiger charge is 2.18. The van der Waals surface area contributed by atoms with Crippen molar-refractivity contribution in [1.82, 2.24) is 19.1 Å². The summed E-state index contributed by atoms with van der Waals surface area (Å²) >= 11 is 0. The van der Waals surface area contributed by atoms with Gasteiger partial charge in [-0.15, -0.1) is 0 Å². The van der Waals surface area contributed by atoms with Gasteiger partial charge in [-0.3, -0.25) is 14.1 Å². The molecule has 1 aromatic carbocycles. The zero-order chi connectivity index (χ0) is 19.3. The topological polar surface area (TPSA) is 56.0 Å². The Morgan fingerprint density at radius 1 is 1.22 bits per heavy atom. The molecule has 7 heteroatoms. The van der Waals surface area contributed by atoms with E-state index in [0.29, 0.717) is 5.46 Å². The molecule has 0 aliphatic rings. The fraction of sp³-hybridized carbons (Fsp3) is 0.250. The fourth-order valence-corrected chi connectivity index (χ4v) is 3.39. The molecule has 0 N–H and O–H groups in total. The minimum Gasteiger partial charge on any atom is -0.360 e. The largest absolute Gasteiger partial charge is 0.360 e. The summed E-state index contributed by atoms with van der Waals surface area (Å²) in [6.07, 6.45) is 1.73. The van der Waals surface area contributed by atoms with Gasteiger partial charge in [-0.2, -0.15) is 0 Å². The number of aryl methyl sites for hydroxylation is 2. The van der Waals surface area contributed by atoms with Crippen molar-refractivity contribution in [2.45, 2.75) is 13.8 Å². The highest BCUT2D eigenvalue weighted by Crippen LogP contribution is 2.26. The van der Waals surface area contributed by atoms with E-state index in [-0.39, 0.29) is 5.69 Å². The number of anilines is 1. The van der Waals surface area contributed by atoms with Crippen LogP contribution in [0.4, 0.5) is 5.82 Å². The van der Waals surface area contributed by atoms with Gasteiger partial charge in [0, 0.05) is 26.0 Å². The molecular weight excluding hydrogens is 337 g/mol. The second-order valence-corrected chi connectivity index (χ2v) is 6.73. The molecular formula is C20H20BN5O. The Balaban J connectivity index is 2.09. The van der Waals surface area contributed by atoms with Crippen LogP contribution in [0.15, 0.2) is 41.3 Å². The van der Waals surface area contributed by atoms with Crippen molar-refractivity contribution >= 4 is 41.1 Å². The van der Waals surface area contributed by atoms with Crippen molar-refractivity contribution in [3.8, 4) is 5.69 Å². The van der Waals surface area contributed by atoms with Crippen LogP contribution in [-0.2, 0) is 7.05 Å². The van der Waals surface area contributed by atoms with Gasteiger partial charge >= 0.3 is 5.69 Å². The molecule has 0 atom stereocenters. The molecule has 3 aromatic heterocycles. The van der Waals surface area contributed by atoms with Crippen molar-refractivity contribution in [3.05, 3.63) is 52.7 Å². The van der Waals surface area contributed by atoms with Crippen LogP contribution in [0.25, 0.3) is 27.6 Å². The van der Waals surface area contributed by atoms with E-state index in [1.807, 2.05) is 44.3 Å². The first kappa shape index (κ1) is 17.3. The summed E-state index contributed by atoms with van der Waals surface area (Å²) in [6.45, 7) is 4.85. The van der Waals surface area contributed by atoms with Gasteiger partial charge < -0.3 is 4.90 Å². The number of imidazole rings is 1. The van der Waals surface area contributed by atoms with Crippen LogP contribution in [0.3, 0.4) is 0 Å². The Bertz CT molecular complexity index is 1240. The number of nitrogens with zero attached hydrogens (tertiary/aromatic N) is 5. The van der Waals surface area contributed by atoms with Gasteiger partial charge in [0.15, 0.2) is 0 Å². The van der Waals surface area contributed by atoms with Crippen LogP contribution in [0.1, 0.15) is 12.6 Å². The van der Waals surface area contributed by atoms with Crippen LogP contribution < -0.4 is 16.1 Å². The molecule has 6 nitrogen and oxygen atoms in total. The fourth-order valence-electron chi connectivity index (χ4n) is 3.39. The van der Waals surface area contributed by atoms with Gasteiger partial charge in [-0.1, -0.05) is 17.6 Å². The minimum atomic E-state index is -0.136. The SMILES string of the molecule is [B]c1ccc2ncc3c(c2c1)n(-c1ccc(N(C)CC)nc1C)c(=O)n3C. The first-order valence-electron chi connectivity index (χ1n) is 8.87. The van der Waals surface area contributed by atoms with E-state index >= 15 is 0 Å². The van der Waals surface area contributed by atoms with E-state index in [1.165, 1.54) is 0 Å². The molecule has 0 bridgehead atoms. The minimum absolute atomic E-state index is 0.136. The number of fused-ring (bicyclic) bond motifs is 3. The molecule has 0 saturated heterocycles. The third kappa shape index (κ3) is 2.61. The molecule has 0 aliphatic heterocycles. The Labute approximate surface area is 158 Å². The summed E-state index contributed by atoms with van der Waals surface area (Å²) < 4.78 is 3.31. The van der Waals surface area contributed by atoms with Crippen molar-refractivity contribution in [1.29, 1.82) is 0 Å². The zero-order valence-corrected chi connectivity index (χ0v) is 15.9. The van der Waals surface area contributed by atoms with Crippen molar-refractivity contribution in [2.75, 3.05) is 18.5 Å². The van der Waals surface area contributed by atoms with Crippen molar-refractivity contribution in [2.24, 2.45) is 7.05 Å². The lowest BCUT2D eigenvalue weighted by atomic mass is 9.94. The Morgan fingerprint density at radius 3 is 2.70 bits per heavy atom. The number of hydrogen-bond donors (Lipinski definition) is 0. The lowest BCUT2D eigenvalue weighted by Gasteiger charge is -2.17. The van der Waals surface area contributed by atoms with E-state index in [2.05, 4.69) is 16.8 Å². The smallest absolute Gasteiger partial charge is 0.333 e. The first-order valence-corrected chi connectivity index (χ1v) is 8.87. The lowest BCUT2D eigenvalue weighted by molar-refractivity contribution is 0.837. The second-order valence-electron chi connectivity index (χ2n) is 6.73. The normalized spacial score (nSPS) is 11.4. The number of hydrogen-bond acceptors (Lipinski definition) is 4. The Morgan fingerprint density at radius 2 is 2.00 bits per heavy atom. The maximum atomic E-state index is 13.1. The predicted octanol–water partition coefficient (Wildman–Crippen LogP) is 1.83. The number of benzene rings is 1. The molecule has 0 saturated carbocycles. The van der Waals surface area contributed by atoms with Crippen LogP contribution in [0, 0.1) is 6.92 Å². The standard InChI is InChI=1S/C20H20BN5O/c1-5-24(3)18-9-8-16(12(2)23-18)26-19-14-10-13(21)6-7-15(14)22-11-17(19)25(4)20(26)27/h6-11H,5H2,1-4H3. The second kappa shape index (κ2) is 6.26. The molecule has 27 heavy (non-hydrogen) atoms. The van der Waals surface area contributed by atoms with Gasteiger partial charge in [0.1, 0.15) is 13.7 Å². The van der Waals surface area contributed by atoms with Crippen LogP contribution in [0.5, 0.6) is 0 Å². The average molecular weight is 357 g/mol. The maximum absolute atomic E-state index is 13.1. The first-order chi connectivity index (χ1) is 12.9. The molecule has 3 heterocycles. The summed E-state index contributed by atoms with van der Waals surface area (Å²) in [7, 11) is 9.75. The predicted molar refractivity (Wildman–Crippen MR) is 111 cm³/mol. The van der Waals surface area contributed by atoms with Crippen molar-refractivity contribution < 1.29 is 0 Å². The van der Waals surface area contributed by atoms with Gasteiger partial charge in [-0.25, -0.2) is 9.78 Å². The molecule has 2 radical (unpaired) electrons.